The van der Waals surface area contributed by atoms with Gasteiger partial charge in [0.25, 0.3) is 0 Å². The van der Waals surface area contributed by atoms with Crippen molar-refractivity contribution in [1.29, 1.82) is 0 Å². The van der Waals surface area contributed by atoms with Crippen molar-refractivity contribution >= 4 is 35.3 Å². The number of H-pyrrole nitrogens is 1. The predicted molar refractivity (Wildman–Crippen MR) is 158 cm³/mol. The number of nitrogens with zero attached hydrogens (tertiary/aromatic N) is 4. The van der Waals surface area contributed by atoms with Crippen molar-refractivity contribution in [2.24, 2.45) is 5.92 Å². The fourth-order valence-corrected chi connectivity index (χ4v) is 5.16. The molecule has 14 nitrogen and oxygen atoms in total. The molecule has 4 rings (SSSR count). The molecule has 0 fully saturated rings. The van der Waals surface area contributed by atoms with Gasteiger partial charge in [0, 0.05) is 18.5 Å². The maximum atomic E-state index is 13.5. The average molecular weight is 605 g/mol. The number of hydrogen-bond acceptors (Lipinski definition) is 8. The number of aliphatic carboxylic acids is 1. The third-order valence-electron chi connectivity index (χ3n) is 7.73. The van der Waals surface area contributed by atoms with Crippen LogP contribution in [-0.2, 0) is 36.9 Å². The second-order valence-electron chi connectivity index (χ2n) is 10.6. The van der Waals surface area contributed by atoms with Crippen molar-refractivity contribution in [3.8, 4) is 0 Å². The molecule has 44 heavy (non-hydrogen) atoms. The summed E-state index contributed by atoms with van der Waals surface area (Å²) < 4.78 is 0. The van der Waals surface area contributed by atoms with Gasteiger partial charge in [0.05, 0.1) is 19.0 Å². The highest BCUT2D eigenvalue weighted by Gasteiger charge is 2.38. The Morgan fingerprint density at radius 1 is 1.02 bits per heavy atom. The third-order valence-corrected chi connectivity index (χ3v) is 7.73. The third kappa shape index (κ3) is 7.82. The Kier molecular flexibility index (Phi) is 10.7. The summed E-state index contributed by atoms with van der Waals surface area (Å²) in [4.78, 5) is 66.2. The second kappa shape index (κ2) is 14.8. The van der Waals surface area contributed by atoms with Gasteiger partial charge in [0.15, 0.2) is 5.82 Å². The number of carbonyl (C=O) groups excluding carboxylic acids is 4. The maximum absolute atomic E-state index is 13.5. The standard InChI is InChI=1S/C30H36N8O6/c1-3-18(2)27(33-28(42)21(13-14-26(40)41)19-9-5-4-6-10-19)30(44)32-17-25(39)38-22-12-8-7-11-20(22)15-23(38)29(43)31-16-24-34-36-37-35-24/h4-12,18,21,23,27H,3,13-17H2,1-2H3,(H,31,43)(H,32,44)(H,33,42)(H,40,41)(H,34,35,36,37)/t18?,21?,23-,27?/m0/s1. The van der Waals surface area contributed by atoms with Gasteiger partial charge in [0.1, 0.15) is 12.1 Å². The molecule has 0 saturated heterocycles. The van der Waals surface area contributed by atoms with E-state index < -0.39 is 54.1 Å². The number of anilines is 1. The molecule has 3 aromatic rings. The van der Waals surface area contributed by atoms with E-state index in [1.165, 1.54) is 4.90 Å². The molecule has 4 atom stereocenters. The highest BCUT2D eigenvalue weighted by atomic mass is 16.4. The number of hydrogen-bond donors (Lipinski definition) is 5. The van der Waals surface area contributed by atoms with E-state index in [-0.39, 0.29) is 37.5 Å². The van der Waals surface area contributed by atoms with Gasteiger partial charge in [0.2, 0.25) is 23.6 Å². The summed E-state index contributed by atoms with van der Waals surface area (Å²) in [6, 6.07) is 14.1. The van der Waals surface area contributed by atoms with Crippen LogP contribution in [0.4, 0.5) is 5.69 Å². The molecule has 1 aliphatic rings. The lowest BCUT2D eigenvalue weighted by molar-refractivity contribution is -0.137. The van der Waals surface area contributed by atoms with Crippen LogP contribution in [-0.4, -0.2) is 74.0 Å². The first-order valence-electron chi connectivity index (χ1n) is 14.4. The van der Waals surface area contributed by atoms with Gasteiger partial charge < -0.3 is 21.1 Å². The molecule has 4 amide bonds. The van der Waals surface area contributed by atoms with E-state index in [4.69, 9.17) is 0 Å². The minimum atomic E-state index is -1.03. The molecule has 0 aliphatic carbocycles. The van der Waals surface area contributed by atoms with Crippen LogP contribution >= 0.6 is 0 Å². The summed E-state index contributed by atoms with van der Waals surface area (Å²) >= 11 is 0. The Hall–Kier alpha value is -5.14. The normalized spacial score (nSPS) is 15.9. The zero-order valence-corrected chi connectivity index (χ0v) is 24.5. The van der Waals surface area contributed by atoms with Crippen LogP contribution in [0.25, 0.3) is 0 Å². The van der Waals surface area contributed by atoms with Gasteiger partial charge in [-0.2, -0.15) is 5.21 Å². The lowest BCUT2D eigenvalue weighted by atomic mass is 9.91. The number of amides is 4. The predicted octanol–water partition coefficient (Wildman–Crippen LogP) is 1.07. The van der Waals surface area contributed by atoms with Crippen molar-refractivity contribution < 1.29 is 29.1 Å². The van der Waals surface area contributed by atoms with Gasteiger partial charge in [-0.1, -0.05) is 74.0 Å². The Morgan fingerprint density at radius 3 is 2.43 bits per heavy atom. The quantitative estimate of drug-likeness (QED) is 0.179. The lowest BCUT2D eigenvalue weighted by Gasteiger charge is -2.28. The van der Waals surface area contributed by atoms with Crippen molar-refractivity contribution in [2.75, 3.05) is 11.4 Å². The number of tetrazole rings is 1. The van der Waals surface area contributed by atoms with Gasteiger partial charge in [-0.15, -0.1) is 10.2 Å². The van der Waals surface area contributed by atoms with E-state index in [2.05, 4.69) is 36.6 Å². The van der Waals surface area contributed by atoms with E-state index >= 15 is 0 Å². The number of aromatic amines is 1. The molecule has 0 radical (unpaired) electrons. The number of benzene rings is 2. The van der Waals surface area contributed by atoms with Crippen LogP contribution in [0.1, 0.15) is 56.0 Å². The molecule has 2 aromatic carbocycles. The van der Waals surface area contributed by atoms with E-state index in [0.717, 1.165) is 5.56 Å². The van der Waals surface area contributed by atoms with Crippen LogP contribution in [0.5, 0.6) is 0 Å². The maximum Gasteiger partial charge on any atom is 0.303 e. The molecule has 0 bridgehead atoms. The van der Waals surface area contributed by atoms with Crippen LogP contribution in [0.15, 0.2) is 54.6 Å². The fraction of sp³-hybridized carbons (Fsp3) is 0.400. The zero-order chi connectivity index (χ0) is 31.6. The van der Waals surface area contributed by atoms with E-state index in [1.807, 2.05) is 26.0 Å². The van der Waals surface area contributed by atoms with Crippen LogP contribution in [0.2, 0.25) is 0 Å². The molecule has 2 heterocycles. The largest absolute Gasteiger partial charge is 0.481 e. The zero-order valence-electron chi connectivity index (χ0n) is 24.5. The average Bonchev–Trinajstić information content (AvgIpc) is 3.69. The Morgan fingerprint density at radius 2 is 1.75 bits per heavy atom. The Balaban J connectivity index is 1.45. The van der Waals surface area contributed by atoms with Crippen LogP contribution in [0.3, 0.4) is 0 Å². The summed E-state index contributed by atoms with van der Waals surface area (Å²) in [5.74, 6) is -3.76. The minimum Gasteiger partial charge on any atom is -0.481 e. The van der Waals surface area contributed by atoms with E-state index in [0.29, 0.717) is 17.7 Å². The molecule has 5 N–H and O–H groups in total. The first kappa shape index (κ1) is 31.8. The van der Waals surface area contributed by atoms with Crippen molar-refractivity contribution in [2.45, 2.75) is 64.1 Å². The lowest BCUT2D eigenvalue weighted by Crippen LogP contribution is -2.54. The molecule has 14 heteroatoms. The Bertz CT molecular complexity index is 1470. The van der Waals surface area contributed by atoms with Crippen molar-refractivity contribution in [3.05, 3.63) is 71.5 Å². The van der Waals surface area contributed by atoms with Crippen molar-refractivity contribution in [3.63, 3.8) is 0 Å². The molecule has 0 saturated carbocycles. The Labute approximate surface area is 254 Å². The summed E-state index contributed by atoms with van der Waals surface area (Å²) in [6.45, 7) is 3.29. The molecule has 1 aliphatic heterocycles. The van der Waals surface area contributed by atoms with Gasteiger partial charge in [-0.3, -0.25) is 28.9 Å². The first-order chi connectivity index (χ1) is 21.2. The smallest absolute Gasteiger partial charge is 0.303 e. The molecular formula is C30H36N8O6. The number of fused-ring (bicyclic) bond motifs is 1. The number of aromatic nitrogens is 4. The summed E-state index contributed by atoms with van der Waals surface area (Å²) in [5.41, 5.74) is 2.02. The summed E-state index contributed by atoms with van der Waals surface area (Å²) in [5, 5.41) is 30.8. The minimum absolute atomic E-state index is 0.0215. The summed E-state index contributed by atoms with van der Waals surface area (Å²) in [6.07, 6.45) is 0.683. The van der Waals surface area contributed by atoms with E-state index in [9.17, 15) is 29.1 Å². The molecule has 0 spiro atoms. The van der Waals surface area contributed by atoms with Crippen LogP contribution < -0.4 is 20.9 Å². The molecule has 232 valence electrons. The number of carbonyl (C=O) groups is 5. The number of rotatable bonds is 14. The highest BCUT2D eigenvalue weighted by molar-refractivity contribution is 6.05. The van der Waals surface area contributed by atoms with Crippen molar-refractivity contribution in [1.82, 2.24) is 36.6 Å². The monoisotopic (exact) mass is 604 g/mol. The summed E-state index contributed by atoms with van der Waals surface area (Å²) in [7, 11) is 0. The fourth-order valence-electron chi connectivity index (χ4n) is 5.16. The van der Waals surface area contributed by atoms with Gasteiger partial charge >= 0.3 is 5.97 Å². The number of nitrogens with one attached hydrogen (secondary N) is 4. The molecule has 1 aromatic heterocycles. The topological polar surface area (TPSA) is 199 Å². The molecule has 3 unspecified atom stereocenters. The first-order valence-corrected chi connectivity index (χ1v) is 14.4. The number of carboxylic acid groups (broad SMARTS) is 1. The van der Waals surface area contributed by atoms with Gasteiger partial charge in [-0.05, 0) is 29.5 Å². The SMILES string of the molecule is CCC(C)C(NC(=O)C(CCC(=O)O)c1ccccc1)C(=O)NCC(=O)N1c2ccccc2C[C@H]1C(=O)NCc1nn[nH]n1. The van der Waals surface area contributed by atoms with Crippen LogP contribution in [0, 0.1) is 5.92 Å². The second-order valence-corrected chi connectivity index (χ2v) is 10.6. The van der Waals surface area contributed by atoms with Gasteiger partial charge in [-0.25, -0.2) is 0 Å². The number of para-hydroxylation sites is 1. The molecular weight excluding hydrogens is 568 g/mol. The highest BCUT2D eigenvalue weighted by Crippen LogP contribution is 2.32. The number of carboxylic acids is 1. The van der Waals surface area contributed by atoms with E-state index in [1.54, 1.807) is 42.5 Å².